The number of nitrogen functional groups attached to an aromatic ring is 1. The summed E-state index contributed by atoms with van der Waals surface area (Å²) in [7, 11) is 0. The molecule has 1 fully saturated rings. The zero-order valence-electron chi connectivity index (χ0n) is 5.13. The average Bonchev–Trinajstić information content (AvgIpc) is 2.58. The fourth-order valence-corrected chi connectivity index (χ4v) is 1.87. The largest absolute Gasteiger partial charge is 0.398 e. The van der Waals surface area contributed by atoms with Crippen molar-refractivity contribution in [3.8, 4) is 0 Å². The summed E-state index contributed by atoms with van der Waals surface area (Å²) in [4.78, 5) is 0. The molecule has 0 saturated heterocycles. The molecule has 0 aliphatic heterocycles. The predicted octanol–water partition coefficient (Wildman–Crippen LogP) is 2.21. The number of hydrogen-bond donors (Lipinski definition) is 1. The van der Waals surface area contributed by atoms with Crippen LogP contribution in [-0.2, 0) is 0 Å². The number of anilines is 1. The second kappa shape index (κ2) is 1.74. The molecule has 1 heterocycles. The summed E-state index contributed by atoms with van der Waals surface area (Å²) in [6.45, 7) is 0. The van der Waals surface area contributed by atoms with E-state index in [4.69, 9.17) is 5.73 Å². The summed E-state index contributed by atoms with van der Waals surface area (Å²) >= 11 is 1.71. The number of hydrogen-bond acceptors (Lipinski definition) is 2. The first-order chi connectivity index (χ1) is 4.38. The highest BCUT2D eigenvalue weighted by Crippen LogP contribution is 2.43. The summed E-state index contributed by atoms with van der Waals surface area (Å²) in [5.41, 5.74) is 8.08. The van der Waals surface area contributed by atoms with Crippen LogP contribution in [0.5, 0.6) is 0 Å². The molecule has 2 N–H and O–H groups in total. The van der Waals surface area contributed by atoms with Crippen LogP contribution in [-0.4, -0.2) is 0 Å². The molecule has 1 saturated carbocycles. The van der Waals surface area contributed by atoms with Crippen molar-refractivity contribution in [2.24, 2.45) is 0 Å². The fourth-order valence-electron chi connectivity index (χ4n) is 1.04. The minimum Gasteiger partial charge on any atom is -0.398 e. The van der Waals surface area contributed by atoms with E-state index in [-0.39, 0.29) is 0 Å². The molecule has 9 heavy (non-hydrogen) atoms. The third-order valence-corrected chi connectivity index (χ3v) is 2.52. The van der Waals surface area contributed by atoms with Crippen molar-refractivity contribution in [2.45, 2.75) is 18.8 Å². The van der Waals surface area contributed by atoms with Crippen molar-refractivity contribution in [3.05, 3.63) is 16.3 Å². The van der Waals surface area contributed by atoms with Gasteiger partial charge in [0, 0.05) is 11.1 Å². The first-order valence-corrected chi connectivity index (χ1v) is 4.14. The van der Waals surface area contributed by atoms with E-state index in [1.165, 1.54) is 18.4 Å². The molecule has 0 unspecified atom stereocenters. The standard InChI is InChI=1S/C7H9NS/c8-7-4-9-3-6(7)5-1-2-5/h3-5H,1-2,8H2. The molecule has 0 aromatic carbocycles. The molecule has 0 spiro atoms. The van der Waals surface area contributed by atoms with E-state index < -0.39 is 0 Å². The van der Waals surface area contributed by atoms with Crippen LogP contribution in [0.25, 0.3) is 0 Å². The lowest BCUT2D eigenvalue weighted by Crippen LogP contribution is -1.85. The second-order valence-corrected chi connectivity index (χ2v) is 3.30. The Bertz CT molecular complexity index is 212. The summed E-state index contributed by atoms with van der Waals surface area (Å²) in [6, 6.07) is 0. The van der Waals surface area contributed by atoms with Crippen LogP contribution in [0.2, 0.25) is 0 Å². The third-order valence-electron chi connectivity index (χ3n) is 1.74. The number of rotatable bonds is 1. The molecule has 2 heteroatoms. The Labute approximate surface area is 58.5 Å². The third kappa shape index (κ3) is 0.833. The van der Waals surface area contributed by atoms with Gasteiger partial charge in [0.1, 0.15) is 0 Å². The van der Waals surface area contributed by atoms with Gasteiger partial charge in [-0.15, -0.1) is 11.3 Å². The van der Waals surface area contributed by atoms with Crippen LogP contribution in [0.1, 0.15) is 24.3 Å². The lowest BCUT2D eigenvalue weighted by molar-refractivity contribution is 1.15. The summed E-state index contributed by atoms with van der Waals surface area (Å²) in [5.74, 6) is 0.816. The fraction of sp³-hybridized carbons (Fsp3) is 0.429. The van der Waals surface area contributed by atoms with Gasteiger partial charge in [0.25, 0.3) is 0 Å². The smallest absolute Gasteiger partial charge is 0.0458 e. The Balaban J connectivity index is 2.35. The van der Waals surface area contributed by atoms with Gasteiger partial charge in [0.15, 0.2) is 0 Å². The predicted molar refractivity (Wildman–Crippen MR) is 40.7 cm³/mol. The highest BCUT2D eigenvalue weighted by molar-refractivity contribution is 7.08. The van der Waals surface area contributed by atoms with Gasteiger partial charge in [-0.3, -0.25) is 0 Å². The van der Waals surface area contributed by atoms with Gasteiger partial charge >= 0.3 is 0 Å². The van der Waals surface area contributed by atoms with Crippen molar-refractivity contribution in [2.75, 3.05) is 5.73 Å². The van der Waals surface area contributed by atoms with Gasteiger partial charge in [-0.1, -0.05) is 0 Å². The maximum absolute atomic E-state index is 5.69. The van der Waals surface area contributed by atoms with Gasteiger partial charge < -0.3 is 5.73 Å². The second-order valence-electron chi connectivity index (χ2n) is 2.56. The van der Waals surface area contributed by atoms with E-state index in [9.17, 15) is 0 Å². The summed E-state index contributed by atoms with van der Waals surface area (Å²) < 4.78 is 0. The molecule has 1 aromatic heterocycles. The molecular weight excluding hydrogens is 130 g/mol. The van der Waals surface area contributed by atoms with E-state index in [1.807, 2.05) is 5.38 Å². The van der Waals surface area contributed by atoms with E-state index in [2.05, 4.69) is 5.38 Å². The molecule has 0 bridgehead atoms. The highest BCUT2D eigenvalue weighted by atomic mass is 32.1. The minimum atomic E-state index is 0.816. The topological polar surface area (TPSA) is 26.0 Å². The van der Waals surface area contributed by atoms with Gasteiger partial charge in [-0.25, -0.2) is 0 Å². The Hall–Kier alpha value is -0.500. The first-order valence-electron chi connectivity index (χ1n) is 3.19. The van der Waals surface area contributed by atoms with Crippen molar-refractivity contribution < 1.29 is 0 Å². The maximum Gasteiger partial charge on any atom is 0.0458 e. The van der Waals surface area contributed by atoms with Crippen molar-refractivity contribution >= 4 is 17.0 Å². The summed E-state index contributed by atoms with van der Waals surface area (Å²) in [6.07, 6.45) is 2.70. The highest BCUT2D eigenvalue weighted by Gasteiger charge is 2.25. The van der Waals surface area contributed by atoms with Crippen LogP contribution in [0.4, 0.5) is 5.69 Å². The van der Waals surface area contributed by atoms with Crippen molar-refractivity contribution in [1.29, 1.82) is 0 Å². The molecular formula is C7H9NS. The van der Waals surface area contributed by atoms with Crippen LogP contribution in [0.3, 0.4) is 0 Å². The molecule has 2 rings (SSSR count). The lowest BCUT2D eigenvalue weighted by atomic mass is 10.2. The molecule has 0 amide bonds. The van der Waals surface area contributed by atoms with Gasteiger partial charge in [0.2, 0.25) is 0 Å². The van der Waals surface area contributed by atoms with Gasteiger partial charge in [-0.2, -0.15) is 0 Å². The quantitative estimate of drug-likeness (QED) is 0.634. The maximum atomic E-state index is 5.69. The first kappa shape index (κ1) is 5.30. The Morgan fingerprint density at radius 3 is 2.67 bits per heavy atom. The molecule has 1 nitrogen and oxygen atoms in total. The summed E-state index contributed by atoms with van der Waals surface area (Å²) in [5, 5.41) is 4.20. The molecule has 1 aliphatic rings. The zero-order chi connectivity index (χ0) is 6.27. The molecule has 0 radical (unpaired) electrons. The number of nitrogens with two attached hydrogens (primary N) is 1. The molecule has 0 atom stereocenters. The van der Waals surface area contributed by atoms with Crippen LogP contribution in [0.15, 0.2) is 10.8 Å². The van der Waals surface area contributed by atoms with Crippen LogP contribution in [0, 0.1) is 0 Å². The average molecular weight is 139 g/mol. The van der Waals surface area contributed by atoms with Crippen molar-refractivity contribution in [3.63, 3.8) is 0 Å². The molecule has 1 aliphatic carbocycles. The SMILES string of the molecule is Nc1cscc1C1CC1. The van der Waals surface area contributed by atoms with Crippen molar-refractivity contribution in [1.82, 2.24) is 0 Å². The Kier molecular flexibility index (Phi) is 1.02. The van der Waals surface area contributed by atoms with E-state index in [0.717, 1.165) is 11.6 Å². The van der Waals surface area contributed by atoms with E-state index in [0.29, 0.717) is 0 Å². The molecule has 1 aromatic rings. The lowest BCUT2D eigenvalue weighted by Gasteiger charge is -1.91. The monoisotopic (exact) mass is 139 g/mol. The van der Waals surface area contributed by atoms with Gasteiger partial charge in [-0.05, 0) is 29.7 Å². The minimum absolute atomic E-state index is 0.816. The number of thiophene rings is 1. The Morgan fingerprint density at radius 1 is 1.44 bits per heavy atom. The Morgan fingerprint density at radius 2 is 2.22 bits per heavy atom. The van der Waals surface area contributed by atoms with E-state index >= 15 is 0 Å². The zero-order valence-corrected chi connectivity index (χ0v) is 5.95. The van der Waals surface area contributed by atoms with Crippen LogP contribution < -0.4 is 5.73 Å². The molecule has 48 valence electrons. The van der Waals surface area contributed by atoms with Crippen LogP contribution >= 0.6 is 11.3 Å². The normalized spacial score (nSPS) is 18.2. The van der Waals surface area contributed by atoms with Gasteiger partial charge in [0.05, 0.1) is 0 Å². The van der Waals surface area contributed by atoms with E-state index in [1.54, 1.807) is 11.3 Å².